The molecule has 0 aromatic heterocycles. The minimum atomic E-state index is 0.157. The van der Waals surface area contributed by atoms with Crippen molar-refractivity contribution < 1.29 is 9.53 Å². The number of carbonyl (C=O) groups excluding carboxylic acids is 1. The van der Waals surface area contributed by atoms with E-state index in [9.17, 15) is 4.79 Å². The van der Waals surface area contributed by atoms with Crippen LogP contribution in [0.5, 0.6) is 5.75 Å². The molecule has 2 rings (SSSR count). The van der Waals surface area contributed by atoms with E-state index >= 15 is 0 Å². The van der Waals surface area contributed by atoms with Gasteiger partial charge in [-0.25, -0.2) is 0 Å². The Labute approximate surface area is 128 Å². The van der Waals surface area contributed by atoms with Crippen LogP contribution in [0.3, 0.4) is 0 Å². The first-order chi connectivity index (χ1) is 9.60. The van der Waals surface area contributed by atoms with Gasteiger partial charge in [-0.3, -0.25) is 4.79 Å². The van der Waals surface area contributed by atoms with Crippen LogP contribution in [-0.4, -0.2) is 37.0 Å². The van der Waals surface area contributed by atoms with Crippen LogP contribution in [0.2, 0.25) is 0 Å². The Bertz CT molecular complexity index is 479. The van der Waals surface area contributed by atoms with Gasteiger partial charge in [-0.1, -0.05) is 6.07 Å². The number of rotatable bonds is 5. The Morgan fingerprint density at radius 3 is 3.00 bits per heavy atom. The molecule has 0 spiro atoms. The van der Waals surface area contributed by atoms with Crippen molar-refractivity contribution in [1.82, 2.24) is 4.90 Å². The van der Waals surface area contributed by atoms with E-state index in [2.05, 4.69) is 15.9 Å². The van der Waals surface area contributed by atoms with Gasteiger partial charge in [0.05, 0.1) is 17.5 Å². The van der Waals surface area contributed by atoms with Gasteiger partial charge in [0.25, 0.3) is 0 Å². The third-order valence-electron chi connectivity index (χ3n) is 3.63. The number of nitrogens with two attached hydrogens (primary N) is 1. The van der Waals surface area contributed by atoms with E-state index in [0.29, 0.717) is 25.5 Å². The van der Waals surface area contributed by atoms with Crippen molar-refractivity contribution in [2.75, 3.05) is 26.2 Å². The van der Waals surface area contributed by atoms with Gasteiger partial charge in [-0.2, -0.15) is 0 Å². The summed E-state index contributed by atoms with van der Waals surface area (Å²) in [6.07, 6.45) is 1.43. The second kappa shape index (κ2) is 7.09. The highest BCUT2D eigenvalue weighted by Crippen LogP contribution is 2.26. The molecular weight excluding hydrogens is 320 g/mol. The number of carbonyl (C=O) groups is 1. The van der Waals surface area contributed by atoms with Gasteiger partial charge < -0.3 is 15.4 Å². The summed E-state index contributed by atoms with van der Waals surface area (Å²) in [5.41, 5.74) is 6.80. The largest absolute Gasteiger partial charge is 0.492 e. The number of hydrogen-bond acceptors (Lipinski definition) is 3. The van der Waals surface area contributed by atoms with Gasteiger partial charge in [-0.15, -0.1) is 0 Å². The van der Waals surface area contributed by atoms with Crippen LogP contribution in [0.4, 0.5) is 0 Å². The van der Waals surface area contributed by atoms with Gasteiger partial charge in [-0.05, 0) is 59.4 Å². The molecule has 1 fully saturated rings. The van der Waals surface area contributed by atoms with E-state index in [0.717, 1.165) is 29.7 Å². The summed E-state index contributed by atoms with van der Waals surface area (Å²) in [4.78, 5) is 13.9. The lowest BCUT2D eigenvalue weighted by Gasteiger charge is -2.16. The Hall–Kier alpha value is -1.07. The smallest absolute Gasteiger partial charge is 0.226 e. The first-order valence-electron chi connectivity index (χ1n) is 6.97. The highest BCUT2D eigenvalue weighted by atomic mass is 79.9. The molecule has 1 atom stereocenters. The monoisotopic (exact) mass is 340 g/mol. The summed E-state index contributed by atoms with van der Waals surface area (Å²) in [6.45, 7) is 4.72. The number of aryl methyl sites for hydroxylation is 1. The molecule has 1 unspecified atom stereocenters. The van der Waals surface area contributed by atoms with Crippen LogP contribution >= 0.6 is 15.9 Å². The molecular formula is C15H21BrN2O2. The van der Waals surface area contributed by atoms with Crippen LogP contribution in [0, 0.1) is 12.8 Å². The van der Waals surface area contributed by atoms with Crippen molar-refractivity contribution >= 4 is 21.8 Å². The Morgan fingerprint density at radius 2 is 2.35 bits per heavy atom. The molecule has 1 aromatic rings. The first-order valence-corrected chi connectivity index (χ1v) is 7.76. The molecule has 0 radical (unpaired) electrons. The van der Waals surface area contributed by atoms with Crippen molar-refractivity contribution in [2.45, 2.75) is 19.8 Å². The number of nitrogens with zero attached hydrogens (tertiary/aromatic N) is 1. The van der Waals surface area contributed by atoms with E-state index in [1.807, 2.05) is 30.0 Å². The molecule has 0 bridgehead atoms. The summed E-state index contributed by atoms with van der Waals surface area (Å²) >= 11 is 3.46. The van der Waals surface area contributed by atoms with Crippen molar-refractivity contribution in [1.29, 1.82) is 0 Å². The summed E-state index contributed by atoms with van der Waals surface area (Å²) in [5, 5.41) is 0. The van der Waals surface area contributed by atoms with Gasteiger partial charge in [0.15, 0.2) is 0 Å². The zero-order valence-electron chi connectivity index (χ0n) is 11.8. The van der Waals surface area contributed by atoms with Gasteiger partial charge in [0, 0.05) is 13.1 Å². The Kier molecular flexibility index (Phi) is 5.43. The molecule has 1 saturated heterocycles. The minimum absolute atomic E-state index is 0.157. The van der Waals surface area contributed by atoms with E-state index in [4.69, 9.17) is 10.5 Å². The molecule has 1 aliphatic rings. The van der Waals surface area contributed by atoms with Gasteiger partial charge in [0.1, 0.15) is 5.75 Å². The van der Waals surface area contributed by atoms with Crippen LogP contribution in [0.1, 0.15) is 18.4 Å². The number of ether oxygens (including phenoxy) is 1. The molecule has 1 amide bonds. The molecule has 20 heavy (non-hydrogen) atoms. The number of hydrogen-bond donors (Lipinski definition) is 1. The normalized spacial score (nSPS) is 18.4. The summed E-state index contributed by atoms with van der Waals surface area (Å²) in [7, 11) is 0. The Balaban J connectivity index is 1.77. The van der Waals surface area contributed by atoms with Crippen LogP contribution in [-0.2, 0) is 4.79 Å². The molecule has 0 saturated carbocycles. The fourth-order valence-electron chi connectivity index (χ4n) is 2.38. The van der Waals surface area contributed by atoms with E-state index in [-0.39, 0.29) is 5.91 Å². The zero-order chi connectivity index (χ0) is 14.5. The second-order valence-corrected chi connectivity index (χ2v) is 6.12. The van der Waals surface area contributed by atoms with Gasteiger partial charge >= 0.3 is 0 Å². The third kappa shape index (κ3) is 3.96. The van der Waals surface area contributed by atoms with E-state index in [1.54, 1.807) is 0 Å². The maximum Gasteiger partial charge on any atom is 0.226 e. The molecule has 0 aliphatic carbocycles. The third-order valence-corrected chi connectivity index (χ3v) is 4.25. The van der Waals surface area contributed by atoms with Crippen molar-refractivity contribution in [3.05, 3.63) is 28.2 Å². The average Bonchev–Trinajstić information content (AvgIpc) is 2.90. The number of benzene rings is 1. The van der Waals surface area contributed by atoms with Crippen LogP contribution in [0.15, 0.2) is 22.7 Å². The standard InChI is InChI=1S/C15H21BrN2O2/c1-11-2-3-14(13(16)8-11)20-7-5-15(19)18-6-4-12(9-17)10-18/h2-3,8,12H,4-7,9-10,17H2,1H3. The van der Waals surface area contributed by atoms with Gasteiger partial charge in [0.2, 0.25) is 5.91 Å². The van der Waals surface area contributed by atoms with E-state index in [1.165, 1.54) is 5.56 Å². The second-order valence-electron chi connectivity index (χ2n) is 5.26. The summed E-state index contributed by atoms with van der Waals surface area (Å²) in [5.74, 6) is 1.40. The molecule has 1 aliphatic heterocycles. The minimum Gasteiger partial charge on any atom is -0.492 e. The lowest BCUT2D eigenvalue weighted by molar-refractivity contribution is -0.130. The van der Waals surface area contributed by atoms with Crippen molar-refractivity contribution in [3.8, 4) is 5.75 Å². The van der Waals surface area contributed by atoms with Crippen LogP contribution in [0.25, 0.3) is 0 Å². The number of halogens is 1. The fourth-order valence-corrected chi connectivity index (χ4v) is 2.99. The first kappa shape index (κ1) is 15.3. The lowest BCUT2D eigenvalue weighted by Crippen LogP contribution is -2.30. The topological polar surface area (TPSA) is 55.6 Å². The lowest BCUT2D eigenvalue weighted by atomic mass is 10.1. The molecule has 1 heterocycles. The van der Waals surface area contributed by atoms with Crippen LogP contribution < -0.4 is 10.5 Å². The fraction of sp³-hybridized carbons (Fsp3) is 0.533. The highest BCUT2D eigenvalue weighted by Gasteiger charge is 2.24. The number of likely N-dealkylation sites (tertiary alicyclic amines) is 1. The van der Waals surface area contributed by atoms with E-state index < -0.39 is 0 Å². The highest BCUT2D eigenvalue weighted by molar-refractivity contribution is 9.10. The number of amides is 1. The molecule has 5 heteroatoms. The molecule has 2 N–H and O–H groups in total. The maximum atomic E-state index is 12.0. The quantitative estimate of drug-likeness (QED) is 0.894. The summed E-state index contributed by atoms with van der Waals surface area (Å²) < 4.78 is 6.58. The molecule has 1 aromatic carbocycles. The Morgan fingerprint density at radius 1 is 1.55 bits per heavy atom. The summed E-state index contributed by atoms with van der Waals surface area (Å²) in [6, 6.07) is 5.92. The zero-order valence-corrected chi connectivity index (χ0v) is 13.4. The SMILES string of the molecule is Cc1ccc(OCCC(=O)N2CCC(CN)C2)c(Br)c1. The molecule has 4 nitrogen and oxygen atoms in total. The predicted molar refractivity (Wildman–Crippen MR) is 82.7 cm³/mol. The van der Waals surface area contributed by atoms with Crippen molar-refractivity contribution in [3.63, 3.8) is 0 Å². The molecule has 110 valence electrons. The maximum absolute atomic E-state index is 12.0. The van der Waals surface area contributed by atoms with Crippen molar-refractivity contribution in [2.24, 2.45) is 11.7 Å². The average molecular weight is 341 g/mol. The predicted octanol–water partition coefficient (Wildman–Crippen LogP) is 2.33.